The molecule has 1 aliphatic rings. The average molecular weight is 460 g/mol. The Morgan fingerprint density at radius 2 is 1.73 bits per heavy atom. The van der Waals surface area contributed by atoms with Crippen molar-refractivity contribution in [1.29, 1.82) is 0 Å². The van der Waals surface area contributed by atoms with Gasteiger partial charge in [0.2, 0.25) is 5.91 Å². The van der Waals surface area contributed by atoms with Gasteiger partial charge < -0.3 is 10.2 Å². The maximum atomic E-state index is 13.5. The maximum absolute atomic E-state index is 13.5. The molecule has 0 spiro atoms. The third kappa shape index (κ3) is 5.21. The lowest BCUT2D eigenvalue weighted by Gasteiger charge is -2.32. The normalized spacial score (nSPS) is 14.8. The number of piperidine rings is 1. The van der Waals surface area contributed by atoms with Crippen molar-refractivity contribution in [2.75, 3.05) is 23.3 Å². The molecule has 1 fully saturated rings. The van der Waals surface area contributed by atoms with Crippen LogP contribution in [0.25, 0.3) is 5.69 Å². The first-order valence-electron chi connectivity index (χ1n) is 10.3. The third-order valence-electron chi connectivity index (χ3n) is 5.49. The van der Waals surface area contributed by atoms with Crippen LogP contribution in [0.1, 0.15) is 18.4 Å². The van der Waals surface area contributed by atoms with Crippen molar-refractivity contribution in [2.45, 2.75) is 19.0 Å². The second kappa shape index (κ2) is 9.05. The van der Waals surface area contributed by atoms with E-state index in [4.69, 9.17) is 0 Å². The Bertz CT molecular complexity index is 1220. The molecule has 0 aliphatic carbocycles. The molecule has 1 aliphatic heterocycles. The fourth-order valence-corrected chi connectivity index (χ4v) is 3.75. The van der Waals surface area contributed by atoms with E-state index in [0.29, 0.717) is 37.4 Å². The number of rotatable bonds is 4. The van der Waals surface area contributed by atoms with Crippen LogP contribution >= 0.6 is 0 Å². The number of nitrogens with zero attached hydrogens (tertiary/aromatic N) is 3. The summed E-state index contributed by atoms with van der Waals surface area (Å²) in [7, 11) is 0. The van der Waals surface area contributed by atoms with Gasteiger partial charge in [0, 0.05) is 30.8 Å². The van der Waals surface area contributed by atoms with Gasteiger partial charge in [0.25, 0.3) is 5.56 Å². The molecule has 1 amide bonds. The van der Waals surface area contributed by atoms with Crippen LogP contribution in [0.5, 0.6) is 0 Å². The molecule has 1 aromatic heterocycles. The molecule has 0 radical (unpaired) electrons. The number of amides is 1. The Kier molecular flexibility index (Phi) is 6.17. The lowest BCUT2D eigenvalue weighted by Crippen LogP contribution is -2.39. The number of carbonyl (C=O) groups is 1. The van der Waals surface area contributed by atoms with Crippen molar-refractivity contribution in [2.24, 2.45) is 5.92 Å². The van der Waals surface area contributed by atoms with E-state index in [2.05, 4.69) is 10.4 Å². The van der Waals surface area contributed by atoms with Crippen LogP contribution in [0, 0.1) is 11.7 Å². The SMILES string of the molecule is O=C(Nc1cccc(C(F)(F)F)c1)C1CCN(c2ccc(=O)n(-c3cccc(F)c3)n2)CC1. The maximum Gasteiger partial charge on any atom is 0.416 e. The largest absolute Gasteiger partial charge is 0.416 e. The van der Waals surface area contributed by atoms with E-state index in [1.54, 1.807) is 12.1 Å². The standard InChI is InChI=1S/C23H20F4N4O2/c24-17-4-2-6-19(14-17)31-21(32)8-7-20(29-31)30-11-9-15(10-12-30)22(33)28-18-5-1-3-16(13-18)23(25,26)27/h1-8,13-15H,9-12H2,(H,28,33). The second-order valence-corrected chi connectivity index (χ2v) is 7.75. The van der Waals surface area contributed by atoms with Crippen molar-refractivity contribution >= 4 is 17.4 Å². The van der Waals surface area contributed by atoms with Gasteiger partial charge in [-0.1, -0.05) is 12.1 Å². The Morgan fingerprint density at radius 1 is 1.00 bits per heavy atom. The molecule has 172 valence electrons. The third-order valence-corrected chi connectivity index (χ3v) is 5.49. The topological polar surface area (TPSA) is 67.2 Å². The molecule has 0 unspecified atom stereocenters. The van der Waals surface area contributed by atoms with E-state index >= 15 is 0 Å². The highest BCUT2D eigenvalue weighted by Gasteiger charge is 2.31. The van der Waals surface area contributed by atoms with Crippen LogP contribution in [0.2, 0.25) is 0 Å². The summed E-state index contributed by atoms with van der Waals surface area (Å²) in [5, 5.41) is 6.90. The van der Waals surface area contributed by atoms with Crippen LogP contribution in [-0.2, 0) is 11.0 Å². The molecule has 0 atom stereocenters. The number of benzene rings is 2. The van der Waals surface area contributed by atoms with Crippen molar-refractivity contribution in [3.63, 3.8) is 0 Å². The minimum atomic E-state index is -4.49. The van der Waals surface area contributed by atoms with Gasteiger partial charge in [-0.15, -0.1) is 5.10 Å². The molecule has 0 saturated carbocycles. The molecule has 1 N–H and O–H groups in total. The van der Waals surface area contributed by atoms with Gasteiger partial charge in [-0.25, -0.2) is 4.39 Å². The molecule has 3 aromatic rings. The Morgan fingerprint density at radius 3 is 2.42 bits per heavy atom. The van der Waals surface area contributed by atoms with E-state index in [0.717, 1.165) is 16.8 Å². The first kappa shape index (κ1) is 22.5. The number of carbonyl (C=O) groups excluding carboxylic acids is 1. The highest BCUT2D eigenvalue weighted by Crippen LogP contribution is 2.31. The molecule has 0 bridgehead atoms. The number of anilines is 2. The van der Waals surface area contributed by atoms with Gasteiger partial charge in [-0.3, -0.25) is 9.59 Å². The molecule has 1 saturated heterocycles. The lowest BCUT2D eigenvalue weighted by molar-refractivity contribution is -0.137. The molecule has 10 heteroatoms. The van der Waals surface area contributed by atoms with Crippen molar-refractivity contribution in [3.8, 4) is 5.69 Å². The van der Waals surface area contributed by atoms with E-state index in [1.807, 2.05) is 4.90 Å². The highest BCUT2D eigenvalue weighted by atomic mass is 19.4. The van der Waals surface area contributed by atoms with Gasteiger partial charge in [-0.05, 0) is 55.3 Å². The van der Waals surface area contributed by atoms with Gasteiger partial charge in [0.15, 0.2) is 0 Å². The predicted octanol–water partition coefficient (Wildman–Crippen LogP) is 4.25. The zero-order valence-corrected chi connectivity index (χ0v) is 17.3. The first-order chi connectivity index (χ1) is 15.7. The summed E-state index contributed by atoms with van der Waals surface area (Å²) < 4.78 is 53.3. The second-order valence-electron chi connectivity index (χ2n) is 7.75. The van der Waals surface area contributed by atoms with E-state index in [9.17, 15) is 27.2 Å². The fraction of sp³-hybridized carbons (Fsp3) is 0.261. The summed E-state index contributed by atoms with van der Waals surface area (Å²) in [5.74, 6) is -0.689. The molecular weight excluding hydrogens is 440 g/mol. The number of aromatic nitrogens is 2. The van der Waals surface area contributed by atoms with Crippen LogP contribution in [0.3, 0.4) is 0 Å². The van der Waals surface area contributed by atoms with Crippen molar-refractivity contribution in [1.82, 2.24) is 9.78 Å². The van der Waals surface area contributed by atoms with E-state index in [1.165, 1.54) is 36.4 Å². The summed E-state index contributed by atoms with van der Waals surface area (Å²) >= 11 is 0. The lowest BCUT2D eigenvalue weighted by atomic mass is 9.95. The Labute approximate surface area is 186 Å². The number of nitrogens with one attached hydrogen (secondary N) is 1. The van der Waals surface area contributed by atoms with Crippen LogP contribution in [0.4, 0.5) is 29.1 Å². The summed E-state index contributed by atoms with van der Waals surface area (Å²) in [5.41, 5.74) is -0.826. The molecular formula is C23H20F4N4O2. The number of halogens is 4. The summed E-state index contributed by atoms with van der Waals surface area (Å²) in [4.78, 5) is 26.7. The van der Waals surface area contributed by atoms with Crippen molar-refractivity contribution in [3.05, 3.63) is 82.4 Å². The Balaban J connectivity index is 1.42. The molecule has 4 rings (SSSR count). The summed E-state index contributed by atoms with van der Waals surface area (Å²) in [6.45, 7) is 0.935. The van der Waals surface area contributed by atoms with Gasteiger partial charge in [-0.2, -0.15) is 17.9 Å². The molecule has 6 nitrogen and oxygen atoms in total. The minimum Gasteiger partial charge on any atom is -0.355 e. The van der Waals surface area contributed by atoms with Gasteiger partial charge in [0.1, 0.15) is 11.6 Å². The zero-order chi connectivity index (χ0) is 23.6. The van der Waals surface area contributed by atoms with E-state index < -0.39 is 23.1 Å². The fourth-order valence-electron chi connectivity index (χ4n) is 3.75. The van der Waals surface area contributed by atoms with E-state index in [-0.39, 0.29) is 17.5 Å². The highest BCUT2D eigenvalue weighted by molar-refractivity contribution is 5.92. The minimum absolute atomic E-state index is 0.0982. The number of alkyl halides is 3. The predicted molar refractivity (Wildman–Crippen MR) is 115 cm³/mol. The number of hydrogen-bond acceptors (Lipinski definition) is 4. The van der Waals surface area contributed by atoms with Gasteiger partial charge in [0.05, 0.1) is 11.3 Å². The monoisotopic (exact) mass is 460 g/mol. The van der Waals surface area contributed by atoms with Crippen LogP contribution in [0.15, 0.2) is 65.5 Å². The molecule has 2 aromatic carbocycles. The smallest absolute Gasteiger partial charge is 0.355 e. The van der Waals surface area contributed by atoms with Gasteiger partial charge >= 0.3 is 6.18 Å². The Hall–Kier alpha value is -3.69. The average Bonchev–Trinajstić information content (AvgIpc) is 2.79. The number of hydrogen-bond donors (Lipinski definition) is 1. The van der Waals surface area contributed by atoms with Crippen LogP contribution in [-0.4, -0.2) is 28.8 Å². The van der Waals surface area contributed by atoms with Crippen molar-refractivity contribution < 1.29 is 22.4 Å². The molecule has 33 heavy (non-hydrogen) atoms. The van der Waals surface area contributed by atoms with Crippen LogP contribution < -0.4 is 15.8 Å². The summed E-state index contributed by atoms with van der Waals surface area (Å²) in [6.07, 6.45) is -3.56. The first-order valence-corrected chi connectivity index (χ1v) is 10.3. The summed E-state index contributed by atoms with van der Waals surface area (Å²) in [6, 6.07) is 13.0. The quantitative estimate of drug-likeness (QED) is 0.592. The molecule has 2 heterocycles. The zero-order valence-electron chi connectivity index (χ0n) is 17.3.